The number of rotatable bonds is 6. The number of amides is 1. The lowest BCUT2D eigenvalue weighted by Crippen LogP contribution is -2.37. The molecule has 1 amide bonds. The zero-order valence-corrected chi connectivity index (χ0v) is 12.7. The van der Waals surface area contributed by atoms with E-state index in [1.807, 2.05) is 5.38 Å². The van der Waals surface area contributed by atoms with Crippen molar-refractivity contribution in [3.8, 4) is 10.9 Å². The molecule has 0 radical (unpaired) electrons. The van der Waals surface area contributed by atoms with Gasteiger partial charge in [0.1, 0.15) is 12.4 Å². The van der Waals surface area contributed by atoms with Gasteiger partial charge in [-0.05, 0) is 12.1 Å². The molecule has 0 saturated carbocycles. The summed E-state index contributed by atoms with van der Waals surface area (Å²) in [6.07, 6.45) is 1.99. The van der Waals surface area contributed by atoms with Crippen molar-refractivity contribution in [3.63, 3.8) is 0 Å². The molecule has 112 valence electrons. The Labute approximate surface area is 127 Å². The molecule has 0 unspecified atom stereocenters. The van der Waals surface area contributed by atoms with E-state index in [1.165, 1.54) is 11.3 Å². The van der Waals surface area contributed by atoms with Gasteiger partial charge in [-0.25, -0.2) is 15.8 Å². The number of ether oxygens (including phenoxy) is 2. The quantitative estimate of drug-likeness (QED) is 0.503. The molecule has 2 N–H and O–H groups in total. The molecule has 2 aromatic rings. The second-order valence-electron chi connectivity index (χ2n) is 4.16. The lowest BCUT2D eigenvalue weighted by Gasteiger charge is -2.21. The van der Waals surface area contributed by atoms with Crippen LogP contribution in [0.4, 0.5) is 5.69 Å². The van der Waals surface area contributed by atoms with Crippen LogP contribution >= 0.6 is 11.3 Å². The fourth-order valence-electron chi connectivity index (χ4n) is 1.84. The number of carbonyl (C=O) groups excluding carboxylic acids is 1. The third-order valence-corrected chi connectivity index (χ3v) is 3.59. The van der Waals surface area contributed by atoms with Crippen molar-refractivity contribution >= 4 is 22.9 Å². The fraction of sp³-hybridized carbons (Fsp3) is 0.286. The molecular formula is C14H17N3O3S. The topological polar surface area (TPSA) is 77.7 Å². The van der Waals surface area contributed by atoms with Crippen molar-refractivity contribution in [1.82, 2.24) is 4.98 Å². The summed E-state index contributed by atoms with van der Waals surface area (Å²) in [5.74, 6) is 6.31. The number of aromatic nitrogens is 1. The second-order valence-corrected chi connectivity index (χ2v) is 5.02. The summed E-state index contributed by atoms with van der Waals surface area (Å²) in [6.45, 7) is 1.98. The van der Waals surface area contributed by atoms with Crippen molar-refractivity contribution in [2.24, 2.45) is 5.84 Å². The normalized spacial score (nSPS) is 10.2. The van der Waals surface area contributed by atoms with Crippen LogP contribution in [0.2, 0.25) is 0 Å². The first-order valence-electron chi connectivity index (χ1n) is 6.43. The summed E-state index contributed by atoms with van der Waals surface area (Å²) in [4.78, 5) is 15.9. The Balaban J connectivity index is 2.29. The molecule has 0 aliphatic rings. The number of carbonyl (C=O) groups is 1. The number of hydrogen-bond donors (Lipinski definition) is 1. The standard InChI is InChI=1S/C14H17N3O3S/c1-3-13(18)17(15)11-5-4-6-12(19-2)10(11)9-20-14-16-7-8-21-14/h4-8H,3,9,15H2,1-2H3. The van der Waals surface area contributed by atoms with Crippen LogP contribution in [0.1, 0.15) is 18.9 Å². The van der Waals surface area contributed by atoms with Gasteiger partial charge in [-0.15, -0.1) is 0 Å². The van der Waals surface area contributed by atoms with Gasteiger partial charge in [0, 0.05) is 18.0 Å². The Morgan fingerprint density at radius 1 is 1.48 bits per heavy atom. The second kappa shape index (κ2) is 7.05. The number of benzene rings is 1. The summed E-state index contributed by atoms with van der Waals surface area (Å²) < 4.78 is 10.9. The average molecular weight is 307 g/mol. The van der Waals surface area contributed by atoms with Crippen molar-refractivity contribution in [2.75, 3.05) is 12.1 Å². The van der Waals surface area contributed by atoms with Crippen LogP contribution in [0.5, 0.6) is 10.9 Å². The summed E-state index contributed by atoms with van der Waals surface area (Å²) in [7, 11) is 1.56. The SMILES string of the molecule is CCC(=O)N(N)c1cccc(OC)c1COc1nccs1. The van der Waals surface area contributed by atoms with Crippen molar-refractivity contribution in [2.45, 2.75) is 20.0 Å². The highest BCUT2D eigenvalue weighted by Crippen LogP contribution is 2.30. The number of thiazole rings is 1. The summed E-state index contributed by atoms with van der Waals surface area (Å²) in [5.41, 5.74) is 1.28. The number of nitrogens with two attached hydrogens (primary N) is 1. The highest BCUT2D eigenvalue weighted by molar-refractivity contribution is 7.11. The number of hydrazine groups is 1. The Morgan fingerprint density at radius 2 is 2.29 bits per heavy atom. The van der Waals surface area contributed by atoms with Gasteiger partial charge in [-0.1, -0.05) is 24.3 Å². The maximum atomic E-state index is 11.8. The Morgan fingerprint density at radius 3 is 2.90 bits per heavy atom. The summed E-state index contributed by atoms with van der Waals surface area (Å²) >= 11 is 1.39. The Kier molecular flexibility index (Phi) is 5.13. The average Bonchev–Trinajstić information content (AvgIpc) is 3.04. The fourth-order valence-corrected chi connectivity index (χ4v) is 2.32. The van der Waals surface area contributed by atoms with E-state index in [-0.39, 0.29) is 12.5 Å². The van der Waals surface area contributed by atoms with Crippen LogP contribution in [0.3, 0.4) is 0 Å². The van der Waals surface area contributed by atoms with Gasteiger partial charge < -0.3 is 9.47 Å². The van der Waals surface area contributed by atoms with E-state index in [0.717, 1.165) is 5.01 Å². The predicted molar refractivity (Wildman–Crippen MR) is 81.4 cm³/mol. The molecule has 0 saturated heterocycles. The van der Waals surface area contributed by atoms with Crippen LogP contribution in [0, 0.1) is 0 Å². The van der Waals surface area contributed by atoms with Gasteiger partial charge in [0.15, 0.2) is 0 Å². The lowest BCUT2D eigenvalue weighted by atomic mass is 10.1. The van der Waals surface area contributed by atoms with Gasteiger partial charge in [-0.3, -0.25) is 4.79 Å². The molecule has 0 fully saturated rings. The molecule has 6 nitrogen and oxygen atoms in total. The zero-order valence-electron chi connectivity index (χ0n) is 11.9. The minimum atomic E-state index is -0.182. The molecule has 0 atom stereocenters. The highest BCUT2D eigenvalue weighted by Gasteiger charge is 2.18. The number of hydrogen-bond acceptors (Lipinski definition) is 6. The number of methoxy groups -OCH3 is 1. The Bertz CT molecular complexity index is 602. The van der Waals surface area contributed by atoms with Crippen LogP contribution in [-0.2, 0) is 11.4 Å². The first-order chi connectivity index (χ1) is 10.2. The largest absolute Gasteiger partial charge is 0.496 e. The minimum absolute atomic E-state index is 0.182. The number of nitrogens with zero attached hydrogens (tertiary/aromatic N) is 2. The number of anilines is 1. The molecule has 2 rings (SSSR count). The molecule has 0 aliphatic carbocycles. The predicted octanol–water partition coefficient (Wildman–Crippen LogP) is 2.35. The van der Waals surface area contributed by atoms with E-state index in [4.69, 9.17) is 15.3 Å². The summed E-state index contributed by atoms with van der Waals surface area (Å²) in [5, 5.41) is 3.51. The molecule has 0 bridgehead atoms. The maximum absolute atomic E-state index is 11.8. The zero-order chi connectivity index (χ0) is 15.2. The molecule has 0 spiro atoms. The van der Waals surface area contributed by atoms with Crippen molar-refractivity contribution in [1.29, 1.82) is 0 Å². The van der Waals surface area contributed by atoms with Crippen molar-refractivity contribution in [3.05, 3.63) is 35.3 Å². The smallest absolute Gasteiger partial charge is 0.273 e. The summed E-state index contributed by atoms with van der Waals surface area (Å²) in [6, 6.07) is 5.34. The Hall–Kier alpha value is -2.12. The van der Waals surface area contributed by atoms with E-state index in [0.29, 0.717) is 28.6 Å². The van der Waals surface area contributed by atoms with Gasteiger partial charge in [0.25, 0.3) is 5.19 Å². The van der Waals surface area contributed by atoms with E-state index in [9.17, 15) is 4.79 Å². The minimum Gasteiger partial charge on any atom is -0.496 e. The van der Waals surface area contributed by atoms with Gasteiger partial charge >= 0.3 is 0 Å². The van der Waals surface area contributed by atoms with Crippen LogP contribution in [-0.4, -0.2) is 18.0 Å². The lowest BCUT2D eigenvalue weighted by molar-refractivity contribution is -0.118. The highest BCUT2D eigenvalue weighted by atomic mass is 32.1. The molecule has 21 heavy (non-hydrogen) atoms. The molecule has 1 aromatic heterocycles. The molecule has 1 heterocycles. The van der Waals surface area contributed by atoms with Gasteiger partial charge in [0.05, 0.1) is 18.4 Å². The maximum Gasteiger partial charge on any atom is 0.273 e. The van der Waals surface area contributed by atoms with Gasteiger partial charge in [-0.2, -0.15) is 0 Å². The van der Waals surface area contributed by atoms with Gasteiger partial charge in [0.2, 0.25) is 5.91 Å². The molecule has 7 heteroatoms. The molecule has 0 aliphatic heterocycles. The van der Waals surface area contributed by atoms with Crippen molar-refractivity contribution < 1.29 is 14.3 Å². The monoisotopic (exact) mass is 307 g/mol. The third kappa shape index (κ3) is 3.50. The van der Waals surface area contributed by atoms with Crippen LogP contribution in [0.15, 0.2) is 29.8 Å². The molecule has 1 aromatic carbocycles. The first-order valence-corrected chi connectivity index (χ1v) is 7.31. The first kappa shape index (κ1) is 15.3. The van der Waals surface area contributed by atoms with E-state index in [2.05, 4.69) is 4.98 Å². The van der Waals surface area contributed by atoms with E-state index in [1.54, 1.807) is 38.4 Å². The van der Waals surface area contributed by atoms with E-state index < -0.39 is 0 Å². The van der Waals surface area contributed by atoms with Crippen LogP contribution < -0.4 is 20.3 Å². The van der Waals surface area contributed by atoms with Crippen LogP contribution in [0.25, 0.3) is 0 Å². The van der Waals surface area contributed by atoms with E-state index >= 15 is 0 Å². The third-order valence-electron chi connectivity index (χ3n) is 2.91. The molecular weight excluding hydrogens is 290 g/mol.